The number of nitrogens with zero attached hydrogens (tertiary/aromatic N) is 2. The van der Waals surface area contributed by atoms with Gasteiger partial charge in [-0.2, -0.15) is 8.75 Å². The average molecular weight is 199 g/mol. The number of rotatable bonds is 2. The molecule has 2 unspecified atom stereocenters. The molecular formula is C8H13N3OS. The summed E-state index contributed by atoms with van der Waals surface area (Å²) >= 11 is 1.18. The molecule has 0 radical (unpaired) electrons. The van der Waals surface area contributed by atoms with Crippen molar-refractivity contribution in [2.45, 2.75) is 37.3 Å². The highest BCUT2D eigenvalue weighted by atomic mass is 32.1. The van der Waals surface area contributed by atoms with Crippen LogP contribution in [0.3, 0.4) is 0 Å². The molecule has 1 aliphatic carbocycles. The Labute approximate surface area is 81.1 Å². The van der Waals surface area contributed by atoms with Gasteiger partial charge in [0.15, 0.2) is 0 Å². The zero-order chi connectivity index (χ0) is 9.31. The Morgan fingerprint density at radius 3 is 3.15 bits per heavy atom. The molecule has 4 nitrogen and oxygen atoms in total. The summed E-state index contributed by atoms with van der Waals surface area (Å²) in [5.74, 6) is 0. The molecule has 1 saturated carbocycles. The molecule has 2 atom stereocenters. The first-order chi connectivity index (χ1) is 6.18. The Morgan fingerprint density at radius 1 is 1.77 bits per heavy atom. The fraction of sp³-hybridized carbons (Fsp3) is 0.750. The van der Waals surface area contributed by atoms with Crippen molar-refractivity contribution in [1.82, 2.24) is 8.75 Å². The van der Waals surface area contributed by atoms with Crippen molar-refractivity contribution in [3.63, 3.8) is 0 Å². The predicted molar refractivity (Wildman–Crippen MR) is 50.4 cm³/mol. The summed E-state index contributed by atoms with van der Waals surface area (Å²) in [5.41, 5.74) is 5.99. The molecule has 0 bridgehead atoms. The second-order valence-corrected chi connectivity index (χ2v) is 4.36. The van der Waals surface area contributed by atoms with Gasteiger partial charge in [0.05, 0.1) is 29.2 Å². The van der Waals surface area contributed by atoms with Crippen LogP contribution in [0.2, 0.25) is 0 Å². The maximum atomic E-state index is 10.1. The number of aliphatic hydroxyl groups is 1. The van der Waals surface area contributed by atoms with Crippen LogP contribution in [0.5, 0.6) is 0 Å². The van der Waals surface area contributed by atoms with E-state index in [9.17, 15) is 5.11 Å². The van der Waals surface area contributed by atoms with Gasteiger partial charge in [-0.1, -0.05) is 0 Å². The molecule has 2 rings (SSSR count). The fourth-order valence-corrected chi connectivity index (χ4v) is 2.34. The molecule has 1 heterocycles. The summed E-state index contributed by atoms with van der Waals surface area (Å²) in [6.45, 7) is 0. The van der Waals surface area contributed by atoms with Crippen molar-refractivity contribution in [2.75, 3.05) is 0 Å². The van der Waals surface area contributed by atoms with E-state index < -0.39 is 5.60 Å². The van der Waals surface area contributed by atoms with Crippen molar-refractivity contribution in [3.8, 4) is 0 Å². The van der Waals surface area contributed by atoms with Gasteiger partial charge in [0.25, 0.3) is 0 Å². The van der Waals surface area contributed by atoms with Gasteiger partial charge in [-0.3, -0.25) is 0 Å². The van der Waals surface area contributed by atoms with Crippen molar-refractivity contribution < 1.29 is 5.11 Å². The lowest BCUT2D eigenvalue weighted by atomic mass is 9.96. The lowest BCUT2D eigenvalue weighted by Gasteiger charge is -2.20. The fourth-order valence-electron chi connectivity index (χ4n) is 1.91. The van der Waals surface area contributed by atoms with Crippen LogP contribution in [0.15, 0.2) is 6.20 Å². The van der Waals surface area contributed by atoms with Gasteiger partial charge in [-0.15, -0.1) is 0 Å². The normalized spacial score (nSPS) is 33.8. The van der Waals surface area contributed by atoms with E-state index in [0.29, 0.717) is 12.8 Å². The second-order valence-electron chi connectivity index (χ2n) is 3.80. The summed E-state index contributed by atoms with van der Waals surface area (Å²) in [4.78, 5) is 0. The molecule has 13 heavy (non-hydrogen) atoms. The summed E-state index contributed by atoms with van der Waals surface area (Å²) in [7, 11) is 0. The van der Waals surface area contributed by atoms with E-state index >= 15 is 0 Å². The minimum atomic E-state index is -0.630. The number of nitrogens with two attached hydrogens (primary N) is 1. The third-order valence-electron chi connectivity index (χ3n) is 2.54. The largest absolute Gasteiger partial charge is 0.389 e. The third-order valence-corrected chi connectivity index (χ3v) is 3.06. The van der Waals surface area contributed by atoms with Crippen molar-refractivity contribution in [2.24, 2.45) is 5.73 Å². The Balaban J connectivity index is 2.01. The van der Waals surface area contributed by atoms with E-state index in [2.05, 4.69) is 8.75 Å². The van der Waals surface area contributed by atoms with Crippen LogP contribution in [0.4, 0.5) is 0 Å². The van der Waals surface area contributed by atoms with Crippen molar-refractivity contribution in [3.05, 3.63) is 11.9 Å². The molecule has 0 aromatic carbocycles. The molecule has 1 aromatic heterocycles. The van der Waals surface area contributed by atoms with E-state index in [1.807, 2.05) is 0 Å². The average Bonchev–Trinajstić information content (AvgIpc) is 2.62. The van der Waals surface area contributed by atoms with Crippen LogP contribution in [0.25, 0.3) is 0 Å². The molecule has 0 saturated heterocycles. The van der Waals surface area contributed by atoms with Gasteiger partial charge < -0.3 is 10.8 Å². The minimum absolute atomic E-state index is 0.150. The molecule has 1 aliphatic rings. The maximum Gasteiger partial charge on any atom is 0.0771 e. The van der Waals surface area contributed by atoms with Gasteiger partial charge in [-0.05, 0) is 19.3 Å². The number of hydrogen-bond donors (Lipinski definition) is 2. The summed E-state index contributed by atoms with van der Waals surface area (Å²) in [5, 5.41) is 10.1. The van der Waals surface area contributed by atoms with Gasteiger partial charge in [0, 0.05) is 12.5 Å². The first kappa shape index (κ1) is 9.05. The van der Waals surface area contributed by atoms with E-state index in [1.165, 1.54) is 11.7 Å². The smallest absolute Gasteiger partial charge is 0.0771 e. The standard InChI is InChI=1S/C8H13N3OS/c9-6-1-2-8(12,3-6)4-7-5-10-13-11-7/h5-6,12H,1-4,9H2. The quantitative estimate of drug-likeness (QED) is 0.719. The lowest BCUT2D eigenvalue weighted by molar-refractivity contribution is 0.0461. The Kier molecular flexibility index (Phi) is 2.31. The Bertz CT molecular complexity index is 277. The molecule has 0 aliphatic heterocycles. The first-order valence-corrected chi connectivity index (χ1v) is 5.15. The summed E-state index contributed by atoms with van der Waals surface area (Å²) < 4.78 is 7.98. The van der Waals surface area contributed by atoms with Crippen molar-refractivity contribution >= 4 is 11.7 Å². The summed E-state index contributed by atoms with van der Waals surface area (Å²) in [6, 6.07) is 0.150. The van der Waals surface area contributed by atoms with Crippen LogP contribution in [-0.2, 0) is 6.42 Å². The highest BCUT2D eigenvalue weighted by molar-refractivity contribution is 6.99. The van der Waals surface area contributed by atoms with Gasteiger partial charge >= 0.3 is 0 Å². The molecule has 1 aromatic rings. The monoisotopic (exact) mass is 199 g/mol. The van der Waals surface area contributed by atoms with Crippen LogP contribution in [0, 0.1) is 0 Å². The molecule has 0 amide bonds. The molecule has 1 fully saturated rings. The molecular weight excluding hydrogens is 186 g/mol. The summed E-state index contributed by atoms with van der Waals surface area (Å²) in [6.07, 6.45) is 4.69. The molecule has 3 N–H and O–H groups in total. The van der Waals surface area contributed by atoms with Gasteiger partial charge in [0.2, 0.25) is 0 Å². The van der Waals surface area contributed by atoms with E-state index in [4.69, 9.17) is 5.73 Å². The minimum Gasteiger partial charge on any atom is -0.389 e. The highest BCUT2D eigenvalue weighted by Gasteiger charge is 2.36. The maximum absolute atomic E-state index is 10.1. The molecule has 5 heteroatoms. The van der Waals surface area contributed by atoms with E-state index in [1.54, 1.807) is 6.20 Å². The zero-order valence-corrected chi connectivity index (χ0v) is 8.13. The topological polar surface area (TPSA) is 72.0 Å². The van der Waals surface area contributed by atoms with Crippen LogP contribution in [-0.4, -0.2) is 25.5 Å². The van der Waals surface area contributed by atoms with Crippen LogP contribution in [0.1, 0.15) is 25.0 Å². The Morgan fingerprint density at radius 2 is 2.62 bits per heavy atom. The van der Waals surface area contributed by atoms with Crippen LogP contribution >= 0.6 is 11.7 Å². The van der Waals surface area contributed by atoms with E-state index in [0.717, 1.165) is 18.5 Å². The van der Waals surface area contributed by atoms with Crippen molar-refractivity contribution in [1.29, 1.82) is 0 Å². The first-order valence-electron chi connectivity index (χ1n) is 4.42. The number of aromatic nitrogens is 2. The molecule has 72 valence electrons. The predicted octanol–water partition coefficient (Wildman–Crippen LogP) is 0.323. The lowest BCUT2D eigenvalue weighted by Crippen LogP contribution is -2.30. The SMILES string of the molecule is NC1CCC(O)(Cc2cnsn2)C1. The zero-order valence-electron chi connectivity index (χ0n) is 7.31. The highest BCUT2D eigenvalue weighted by Crippen LogP contribution is 2.31. The van der Waals surface area contributed by atoms with E-state index in [-0.39, 0.29) is 6.04 Å². The van der Waals surface area contributed by atoms with Gasteiger partial charge in [-0.25, -0.2) is 0 Å². The second kappa shape index (κ2) is 3.32. The van der Waals surface area contributed by atoms with Crippen LogP contribution < -0.4 is 5.73 Å². The Hall–Kier alpha value is -0.520. The van der Waals surface area contributed by atoms with Gasteiger partial charge in [0.1, 0.15) is 0 Å². The molecule has 0 spiro atoms. The number of hydrogen-bond acceptors (Lipinski definition) is 5. The third kappa shape index (κ3) is 2.04.